The van der Waals surface area contributed by atoms with Crippen molar-refractivity contribution in [2.24, 2.45) is 0 Å². The van der Waals surface area contributed by atoms with Crippen LogP contribution in [0.4, 0.5) is 5.82 Å². The molecule has 6 heteroatoms. The topological polar surface area (TPSA) is 61.4 Å². The normalized spacial score (nSPS) is 26.3. The van der Waals surface area contributed by atoms with Gasteiger partial charge in [-0.25, -0.2) is 4.98 Å². The van der Waals surface area contributed by atoms with Crippen LogP contribution in [0.15, 0.2) is 12.4 Å². The van der Waals surface area contributed by atoms with Gasteiger partial charge in [-0.05, 0) is 26.3 Å². The molecule has 0 aliphatic carbocycles. The third kappa shape index (κ3) is 2.85. The van der Waals surface area contributed by atoms with Gasteiger partial charge in [0.25, 0.3) is 5.91 Å². The van der Waals surface area contributed by atoms with Crippen molar-refractivity contribution < 1.29 is 4.79 Å². The standard InChI is InChI=1S/C15H23N5O/c1-11-9-19-6-4-3-5-12(19)10-20(11)15(21)13-7-17-8-14(16-2)18-13/h7-8,11-12H,3-6,9-10H2,1-2H3,(H,16,18). The predicted molar refractivity (Wildman–Crippen MR) is 81.3 cm³/mol. The van der Waals surface area contributed by atoms with E-state index in [1.807, 2.05) is 4.90 Å². The highest BCUT2D eigenvalue weighted by atomic mass is 16.2. The number of hydrogen-bond acceptors (Lipinski definition) is 5. The van der Waals surface area contributed by atoms with Gasteiger partial charge >= 0.3 is 0 Å². The van der Waals surface area contributed by atoms with Crippen molar-refractivity contribution in [3.63, 3.8) is 0 Å². The molecular weight excluding hydrogens is 266 g/mol. The van der Waals surface area contributed by atoms with Crippen LogP contribution in [0.2, 0.25) is 0 Å². The molecule has 1 amide bonds. The summed E-state index contributed by atoms with van der Waals surface area (Å²) < 4.78 is 0. The highest BCUT2D eigenvalue weighted by molar-refractivity contribution is 5.92. The third-order valence-electron chi connectivity index (χ3n) is 4.56. The first-order valence-corrected chi connectivity index (χ1v) is 7.74. The summed E-state index contributed by atoms with van der Waals surface area (Å²) in [7, 11) is 1.78. The second-order valence-electron chi connectivity index (χ2n) is 5.99. The van der Waals surface area contributed by atoms with Gasteiger partial charge in [-0.15, -0.1) is 0 Å². The minimum Gasteiger partial charge on any atom is -0.372 e. The van der Waals surface area contributed by atoms with Gasteiger partial charge in [-0.3, -0.25) is 14.7 Å². The van der Waals surface area contributed by atoms with Crippen molar-refractivity contribution in [3.8, 4) is 0 Å². The molecule has 2 atom stereocenters. The number of amides is 1. The van der Waals surface area contributed by atoms with Gasteiger partial charge in [-0.2, -0.15) is 0 Å². The number of rotatable bonds is 2. The fraction of sp³-hybridized carbons (Fsp3) is 0.667. The molecule has 0 bridgehead atoms. The average molecular weight is 289 g/mol. The summed E-state index contributed by atoms with van der Waals surface area (Å²) in [5, 5.41) is 2.93. The van der Waals surface area contributed by atoms with Gasteiger partial charge < -0.3 is 10.2 Å². The molecule has 0 saturated carbocycles. The smallest absolute Gasteiger partial charge is 0.274 e. The molecule has 1 N–H and O–H groups in total. The van der Waals surface area contributed by atoms with Crippen LogP contribution < -0.4 is 5.32 Å². The van der Waals surface area contributed by atoms with Crippen LogP contribution in [0.1, 0.15) is 36.7 Å². The van der Waals surface area contributed by atoms with Crippen LogP contribution in [-0.4, -0.2) is 64.4 Å². The molecule has 2 fully saturated rings. The van der Waals surface area contributed by atoms with Crippen LogP contribution >= 0.6 is 0 Å². The van der Waals surface area contributed by atoms with Crippen molar-refractivity contribution in [2.75, 3.05) is 32.0 Å². The maximum Gasteiger partial charge on any atom is 0.274 e. The summed E-state index contributed by atoms with van der Waals surface area (Å²) in [5.74, 6) is 0.627. The molecule has 114 valence electrons. The molecule has 3 heterocycles. The van der Waals surface area contributed by atoms with E-state index in [4.69, 9.17) is 0 Å². The van der Waals surface area contributed by atoms with Crippen molar-refractivity contribution >= 4 is 11.7 Å². The van der Waals surface area contributed by atoms with E-state index in [-0.39, 0.29) is 11.9 Å². The Balaban J connectivity index is 1.77. The Kier molecular flexibility index (Phi) is 4.05. The Morgan fingerprint density at radius 2 is 2.19 bits per heavy atom. The minimum absolute atomic E-state index is 0.00248. The predicted octanol–water partition coefficient (Wildman–Crippen LogP) is 1.22. The summed E-state index contributed by atoms with van der Waals surface area (Å²) in [6.07, 6.45) is 6.93. The SMILES string of the molecule is CNc1cncc(C(=O)N2CC3CCCCN3CC2C)n1. The van der Waals surface area contributed by atoms with Crippen LogP contribution in [0.5, 0.6) is 0 Å². The quantitative estimate of drug-likeness (QED) is 0.887. The number of piperazine rings is 1. The van der Waals surface area contributed by atoms with E-state index in [9.17, 15) is 4.79 Å². The third-order valence-corrected chi connectivity index (χ3v) is 4.56. The molecule has 2 unspecified atom stereocenters. The number of nitrogens with one attached hydrogen (secondary N) is 1. The molecule has 3 rings (SSSR count). The number of piperidine rings is 1. The maximum atomic E-state index is 12.7. The van der Waals surface area contributed by atoms with Gasteiger partial charge in [0.15, 0.2) is 0 Å². The van der Waals surface area contributed by atoms with Crippen LogP contribution in [-0.2, 0) is 0 Å². The lowest BCUT2D eigenvalue weighted by Gasteiger charge is -2.47. The highest BCUT2D eigenvalue weighted by Crippen LogP contribution is 2.25. The van der Waals surface area contributed by atoms with Gasteiger partial charge in [-0.1, -0.05) is 6.42 Å². The van der Waals surface area contributed by atoms with E-state index >= 15 is 0 Å². The number of anilines is 1. The molecule has 2 aliphatic heterocycles. The molecule has 21 heavy (non-hydrogen) atoms. The molecule has 0 aromatic carbocycles. The fourth-order valence-electron chi connectivity index (χ4n) is 3.37. The molecule has 1 aromatic rings. The maximum absolute atomic E-state index is 12.7. The van der Waals surface area contributed by atoms with E-state index in [0.29, 0.717) is 17.6 Å². The van der Waals surface area contributed by atoms with Crippen LogP contribution in [0.25, 0.3) is 0 Å². The summed E-state index contributed by atoms with van der Waals surface area (Å²) in [6.45, 7) is 5.07. The highest BCUT2D eigenvalue weighted by Gasteiger charge is 2.35. The zero-order chi connectivity index (χ0) is 14.8. The van der Waals surface area contributed by atoms with E-state index in [0.717, 1.165) is 13.1 Å². The summed E-state index contributed by atoms with van der Waals surface area (Å²) in [4.78, 5) is 25.7. The van der Waals surface area contributed by atoms with Crippen molar-refractivity contribution in [3.05, 3.63) is 18.1 Å². The zero-order valence-corrected chi connectivity index (χ0v) is 12.7. The summed E-state index contributed by atoms with van der Waals surface area (Å²) in [5.41, 5.74) is 0.429. The Bertz CT molecular complexity index is 521. The number of nitrogens with zero attached hydrogens (tertiary/aromatic N) is 4. The second-order valence-corrected chi connectivity index (χ2v) is 5.99. The Hall–Kier alpha value is -1.69. The second kappa shape index (κ2) is 5.97. The molecule has 0 spiro atoms. The lowest BCUT2D eigenvalue weighted by atomic mass is 9.97. The van der Waals surface area contributed by atoms with Crippen LogP contribution in [0.3, 0.4) is 0 Å². The Labute approximate surface area is 125 Å². The Morgan fingerprint density at radius 1 is 1.33 bits per heavy atom. The van der Waals surface area contributed by atoms with Gasteiger partial charge in [0.1, 0.15) is 11.5 Å². The molecule has 6 nitrogen and oxygen atoms in total. The average Bonchev–Trinajstić information content (AvgIpc) is 2.53. The van der Waals surface area contributed by atoms with Gasteiger partial charge in [0.05, 0.1) is 12.4 Å². The first-order chi connectivity index (χ1) is 10.2. The minimum atomic E-state index is -0.00248. The fourth-order valence-corrected chi connectivity index (χ4v) is 3.37. The number of hydrogen-bond donors (Lipinski definition) is 1. The van der Waals surface area contributed by atoms with E-state index in [1.54, 1.807) is 19.4 Å². The number of carbonyl (C=O) groups is 1. The first kappa shape index (κ1) is 14.3. The van der Waals surface area contributed by atoms with E-state index in [2.05, 4.69) is 27.1 Å². The van der Waals surface area contributed by atoms with Crippen molar-refractivity contribution in [1.29, 1.82) is 0 Å². The molecule has 2 saturated heterocycles. The number of fused-ring (bicyclic) bond motifs is 1. The van der Waals surface area contributed by atoms with E-state index < -0.39 is 0 Å². The van der Waals surface area contributed by atoms with Gasteiger partial charge in [0, 0.05) is 32.2 Å². The molecular formula is C15H23N5O. The van der Waals surface area contributed by atoms with Gasteiger partial charge in [0.2, 0.25) is 0 Å². The molecule has 0 radical (unpaired) electrons. The molecule has 2 aliphatic rings. The van der Waals surface area contributed by atoms with Crippen molar-refractivity contribution in [1.82, 2.24) is 19.8 Å². The van der Waals surface area contributed by atoms with Crippen molar-refractivity contribution in [2.45, 2.75) is 38.3 Å². The monoisotopic (exact) mass is 289 g/mol. The zero-order valence-electron chi connectivity index (χ0n) is 12.7. The largest absolute Gasteiger partial charge is 0.372 e. The number of carbonyl (C=O) groups excluding carboxylic acids is 1. The van der Waals surface area contributed by atoms with E-state index in [1.165, 1.54) is 25.8 Å². The summed E-state index contributed by atoms with van der Waals surface area (Å²) >= 11 is 0. The Morgan fingerprint density at radius 3 is 3.00 bits per heavy atom. The summed E-state index contributed by atoms with van der Waals surface area (Å²) in [6, 6.07) is 0.742. The lowest BCUT2D eigenvalue weighted by molar-refractivity contribution is 0.0148. The number of aromatic nitrogens is 2. The van der Waals surface area contributed by atoms with Crippen LogP contribution in [0, 0.1) is 0 Å². The molecule has 1 aromatic heterocycles. The lowest BCUT2D eigenvalue weighted by Crippen LogP contribution is -2.60. The first-order valence-electron chi connectivity index (χ1n) is 7.74.